The number of phenolic OH excluding ortho intramolecular Hbond substituents is 2. The number of ether oxygens (including phenoxy) is 2. The lowest BCUT2D eigenvalue weighted by atomic mass is 9.94. The SMILES string of the molecule is C.C.NC(=O)[C@H](Cc1c[nH]c2ccc(O)cc12)NC(=O)c1ccc2c(c1)nc(-c1ccc(OCc3ccccc3)cc1)n2C1CCCCC1.O=C(N[C@@H](Cc1c[nH]c2ccc(O)cc12)C(=O)O)c1ccc2c(c1)nc(-c1ccc(OCc3ccccc3)cc1)n2C1CCCCC1. The van der Waals surface area contributed by atoms with E-state index in [1.54, 1.807) is 73.1 Å². The summed E-state index contributed by atoms with van der Waals surface area (Å²) in [7, 11) is 0. The van der Waals surface area contributed by atoms with Crippen LogP contribution in [-0.4, -0.2) is 80.2 Å². The van der Waals surface area contributed by atoms with E-state index in [4.69, 9.17) is 25.2 Å². The Morgan fingerprint density at radius 2 is 0.917 bits per heavy atom. The lowest BCUT2D eigenvalue weighted by molar-refractivity contribution is -0.139. The molecule has 0 radical (unpaired) electrons. The Morgan fingerprint density at radius 3 is 1.32 bits per heavy atom. The molecule has 18 heteroatoms. The predicted molar refractivity (Wildman–Crippen MR) is 376 cm³/mol. The molecule has 2 fully saturated rings. The van der Waals surface area contributed by atoms with Gasteiger partial charge in [0.05, 0.1) is 22.1 Å². The van der Waals surface area contributed by atoms with Gasteiger partial charge in [0.15, 0.2) is 0 Å². The minimum Gasteiger partial charge on any atom is -0.508 e. The molecule has 18 nitrogen and oxygen atoms in total. The first-order valence-electron chi connectivity index (χ1n) is 32.2. The number of aromatic nitrogens is 6. The molecule has 2 atom stereocenters. The monoisotopic (exact) mass is 1290 g/mol. The number of nitrogens with one attached hydrogen (secondary N) is 4. The van der Waals surface area contributed by atoms with Crippen LogP contribution in [0, 0.1) is 0 Å². The molecular formula is C78H81N9O9. The summed E-state index contributed by atoms with van der Waals surface area (Å²) < 4.78 is 16.7. The van der Waals surface area contributed by atoms with Crippen molar-refractivity contribution in [3.05, 3.63) is 228 Å². The van der Waals surface area contributed by atoms with Gasteiger partial charge in [-0.3, -0.25) is 14.4 Å². The van der Waals surface area contributed by atoms with E-state index in [0.717, 1.165) is 117 Å². The molecule has 0 bridgehead atoms. The van der Waals surface area contributed by atoms with E-state index < -0.39 is 35.8 Å². The molecular weight excluding hydrogens is 1210 g/mol. The summed E-state index contributed by atoms with van der Waals surface area (Å²) in [5, 5.41) is 36.9. The fraction of sp³-hybridized carbons (Fsp3) is 0.256. The fourth-order valence-corrected chi connectivity index (χ4v) is 13.2. The molecule has 0 saturated heterocycles. The predicted octanol–water partition coefficient (Wildman–Crippen LogP) is 15.5. The fourth-order valence-electron chi connectivity index (χ4n) is 13.2. The normalized spacial score (nSPS) is 14.0. The summed E-state index contributed by atoms with van der Waals surface area (Å²) in [6.45, 7) is 0.979. The topological polar surface area (TPSA) is 265 Å². The molecule has 0 aliphatic heterocycles. The molecule has 8 aromatic carbocycles. The molecule has 2 aliphatic rings. The average Bonchev–Trinajstić information content (AvgIpc) is 1.61. The number of imidazole rings is 2. The van der Waals surface area contributed by atoms with Crippen molar-refractivity contribution in [1.82, 2.24) is 39.7 Å². The number of fused-ring (bicyclic) bond motifs is 4. The zero-order valence-corrected chi connectivity index (χ0v) is 51.8. The summed E-state index contributed by atoms with van der Waals surface area (Å²) in [6, 6.07) is 55.4. The molecule has 14 rings (SSSR count). The third kappa shape index (κ3) is 14.9. The lowest BCUT2D eigenvalue weighted by Crippen LogP contribution is -2.45. The van der Waals surface area contributed by atoms with Gasteiger partial charge in [-0.2, -0.15) is 0 Å². The highest BCUT2D eigenvalue weighted by molar-refractivity contribution is 6.01. The van der Waals surface area contributed by atoms with Gasteiger partial charge in [-0.15, -0.1) is 0 Å². The number of primary amides is 1. The number of carbonyl (C=O) groups excluding carboxylic acids is 3. The van der Waals surface area contributed by atoms with Gasteiger partial charge in [0.2, 0.25) is 5.91 Å². The van der Waals surface area contributed by atoms with Crippen molar-refractivity contribution in [1.29, 1.82) is 0 Å². The van der Waals surface area contributed by atoms with Gasteiger partial charge in [0, 0.05) is 81.4 Å². The van der Waals surface area contributed by atoms with Crippen LogP contribution in [0.5, 0.6) is 23.0 Å². The minimum atomic E-state index is -1.17. The highest BCUT2D eigenvalue weighted by Gasteiger charge is 2.28. The van der Waals surface area contributed by atoms with Crippen LogP contribution < -0.4 is 25.8 Å². The van der Waals surface area contributed by atoms with E-state index in [0.29, 0.717) is 58.4 Å². The highest BCUT2D eigenvalue weighted by Crippen LogP contribution is 2.39. The van der Waals surface area contributed by atoms with E-state index in [1.165, 1.54) is 25.7 Å². The Labute approximate surface area is 557 Å². The van der Waals surface area contributed by atoms with Crippen LogP contribution in [0.1, 0.15) is 134 Å². The summed E-state index contributed by atoms with van der Waals surface area (Å²) in [5.74, 6) is 0.764. The Morgan fingerprint density at radius 1 is 0.510 bits per heavy atom. The molecule has 2 saturated carbocycles. The van der Waals surface area contributed by atoms with Crippen molar-refractivity contribution in [3.8, 4) is 45.8 Å². The smallest absolute Gasteiger partial charge is 0.326 e. The second-order valence-corrected chi connectivity index (χ2v) is 24.5. The van der Waals surface area contributed by atoms with Crippen molar-refractivity contribution in [3.63, 3.8) is 0 Å². The number of benzene rings is 8. The molecule has 4 aromatic heterocycles. The van der Waals surface area contributed by atoms with Crippen LogP contribution in [0.25, 0.3) is 66.6 Å². The second kappa shape index (κ2) is 29.9. The van der Waals surface area contributed by atoms with Crippen LogP contribution >= 0.6 is 0 Å². The quantitative estimate of drug-likeness (QED) is 0.0356. The lowest BCUT2D eigenvalue weighted by Gasteiger charge is -2.25. The zero-order chi connectivity index (χ0) is 64.7. The van der Waals surface area contributed by atoms with Gasteiger partial charge in [-0.25, -0.2) is 14.8 Å². The molecule has 12 aromatic rings. The highest BCUT2D eigenvalue weighted by atomic mass is 16.5. The third-order valence-corrected chi connectivity index (χ3v) is 18.1. The van der Waals surface area contributed by atoms with Crippen LogP contribution in [0.4, 0.5) is 0 Å². The van der Waals surface area contributed by atoms with Gasteiger partial charge < -0.3 is 60.3 Å². The number of H-pyrrole nitrogens is 2. The maximum atomic E-state index is 13.5. The third-order valence-electron chi connectivity index (χ3n) is 18.1. The minimum absolute atomic E-state index is 0. The van der Waals surface area contributed by atoms with Gasteiger partial charge in [0.1, 0.15) is 59.9 Å². The number of carboxylic acids is 1. The van der Waals surface area contributed by atoms with Gasteiger partial charge >= 0.3 is 5.97 Å². The Balaban J connectivity index is 0.000000191. The molecule has 2 aliphatic carbocycles. The summed E-state index contributed by atoms with van der Waals surface area (Å²) in [4.78, 5) is 68.0. The van der Waals surface area contributed by atoms with Crippen molar-refractivity contribution >= 4 is 67.6 Å². The number of aliphatic carboxylic acids is 1. The first kappa shape index (κ1) is 66.3. The van der Waals surface area contributed by atoms with Crippen molar-refractivity contribution < 1.29 is 44.0 Å². The number of rotatable bonds is 20. The van der Waals surface area contributed by atoms with Gasteiger partial charge in [0.25, 0.3) is 11.8 Å². The first-order chi connectivity index (χ1) is 45.8. The van der Waals surface area contributed by atoms with E-state index in [2.05, 4.69) is 29.7 Å². The van der Waals surface area contributed by atoms with E-state index in [9.17, 15) is 34.5 Å². The van der Waals surface area contributed by atoms with E-state index in [-0.39, 0.29) is 39.2 Å². The molecule has 3 amide bonds. The van der Waals surface area contributed by atoms with Crippen LogP contribution in [0.15, 0.2) is 194 Å². The number of hydrogen-bond donors (Lipinski definition) is 8. The average molecular weight is 1290 g/mol. The molecule has 0 spiro atoms. The largest absolute Gasteiger partial charge is 0.508 e. The van der Waals surface area contributed by atoms with Crippen LogP contribution in [0.2, 0.25) is 0 Å². The maximum absolute atomic E-state index is 13.5. The van der Waals surface area contributed by atoms with Crippen molar-refractivity contribution in [2.24, 2.45) is 5.73 Å². The van der Waals surface area contributed by atoms with E-state index >= 15 is 0 Å². The van der Waals surface area contributed by atoms with Crippen LogP contribution in [0.3, 0.4) is 0 Å². The zero-order valence-electron chi connectivity index (χ0n) is 51.8. The Kier molecular flexibility index (Phi) is 20.6. The molecule has 4 heterocycles. The van der Waals surface area contributed by atoms with Crippen LogP contribution in [-0.2, 0) is 35.6 Å². The Hall–Kier alpha value is -11.1. The number of aromatic hydroxyl groups is 2. The standard InChI is InChI=1S/C38H37N5O4.C38H36N4O5.2CH4/c39-36(45)34(20-27-22-40-32-17-14-29(44)21-31(27)32)42-38(46)26-13-18-35-33(19-26)41-37(43(35)28-9-5-2-6-10-28)25-11-15-30(16-12-25)47-23-24-7-3-1-4-8-24;43-29-14-17-32-31(21-29)27(22-39-32)20-34(38(45)46)41-37(44)26-13-18-35-33(19-26)40-36(42(35)28-9-5-2-6-10-28)25-11-15-30(16-12-25)47-23-24-7-3-1-4-8-24;;/h1,3-4,7-8,11-19,21-22,28,34,40,44H,2,5-6,9-10,20,23H2,(H2,39,45)(H,42,46);1,3-4,7-8,11-19,21-22,28,34,39,43H,2,5-6,9-10,20,23H2,(H,41,44)(H,45,46);2*1H4/t2*34-;;/m00../s1. The number of hydrogen-bond acceptors (Lipinski definition) is 10. The molecule has 492 valence electrons. The summed E-state index contributed by atoms with van der Waals surface area (Å²) in [5.41, 5.74) is 17.0. The number of phenols is 2. The maximum Gasteiger partial charge on any atom is 0.326 e. The number of amides is 3. The number of carboxylic acid groups (broad SMARTS) is 1. The first-order valence-corrected chi connectivity index (χ1v) is 32.2. The number of carbonyl (C=O) groups is 4. The van der Waals surface area contributed by atoms with Gasteiger partial charge in [-0.05, 0) is 169 Å². The second-order valence-electron chi connectivity index (χ2n) is 24.5. The van der Waals surface area contributed by atoms with Gasteiger partial charge in [-0.1, -0.05) is 114 Å². The van der Waals surface area contributed by atoms with Crippen molar-refractivity contribution in [2.45, 2.75) is 129 Å². The molecule has 96 heavy (non-hydrogen) atoms. The van der Waals surface area contributed by atoms with E-state index in [1.807, 2.05) is 121 Å². The van der Waals surface area contributed by atoms with Crippen molar-refractivity contribution in [2.75, 3.05) is 0 Å². The summed E-state index contributed by atoms with van der Waals surface area (Å²) >= 11 is 0. The molecule has 0 unspecified atom stereocenters. The molecule has 9 N–H and O–H groups in total. The number of aromatic amines is 2. The number of nitrogens with zero attached hydrogens (tertiary/aromatic N) is 4. The number of nitrogens with two attached hydrogens (primary N) is 1. The Bertz CT molecular complexity index is 4380. The summed E-state index contributed by atoms with van der Waals surface area (Å²) in [6.07, 6.45) is 15.1.